The van der Waals surface area contributed by atoms with Crippen molar-refractivity contribution in [1.29, 1.82) is 0 Å². The summed E-state index contributed by atoms with van der Waals surface area (Å²) in [7, 11) is 0. The zero-order valence-corrected chi connectivity index (χ0v) is 27.5. The highest BCUT2D eigenvalue weighted by molar-refractivity contribution is 5.93. The van der Waals surface area contributed by atoms with E-state index in [0.717, 1.165) is 53.4 Å². The summed E-state index contributed by atoms with van der Waals surface area (Å²) in [5, 5.41) is 15.4. The average Bonchev–Trinajstić information content (AvgIpc) is 3.53. The van der Waals surface area contributed by atoms with Crippen molar-refractivity contribution in [2.24, 2.45) is 0 Å². The third-order valence-electron chi connectivity index (χ3n) is 8.78. The summed E-state index contributed by atoms with van der Waals surface area (Å²) in [5.41, 5.74) is 12.4. The molecule has 10 nitrogen and oxygen atoms in total. The molecule has 0 unspecified atom stereocenters. The molecule has 3 atom stereocenters. The van der Waals surface area contributed by atoms with Crippen LogP contribution in [0.4, 0.5) is 17.1 Å². The van der Waals surface area contributed by atoms with Gasteiger partial charge in [-0.1, -0.05) is 73.5 Å². The number of benzene rings is 4. The number of aliphatic hydroxyl groups excluding tert-OH is 1. The van der Waals surface area contributed by atoms with E-state index in [1.807, 2.05) is 85.2 Å². The number of nitrogens with one attached hydrogen (secondary N) is 2. The van der Waals surface area contributed by atoms with Gasteiger partial charge in [0.05, 0.1) is 54.1 Å². The molecule has 4 aromatic carbocycles. The Hall–Kier alpha value is -5.03. The maximum Gasteiger partial charge on any atom is 0.224 e. The smallest absolute Gasteiger partial charge is 0.224 e. The monoisotopic (exact) mass is 661 g/mol. The molecule has 5 aromatic rings. The lowest BCUT2D eigenvalue weighted by Crippen LogP contribution is -2.32. The van der Waals surface area contributed by atoms with Crippen molar-refractivity contribution in [3.63, 3.8) is 0 Å². The van der Waals surface area contributed by atoms with Gasteiger partial charge in [-0.2, -0.15) is 0 Å². The number of nitrogens with two attached hydrogens (primary N) is 1. The number of hydrogen-bond donors (Lipinski definition) is 4. The predicted octanol–water partition coefficient (Wildman–Crippen LogP) is 7.27. The number of aromatic nitrogens is 2. The highest BCUT2D eigenvalue weighted by atomic mass is 16.7. The minimum atomic E-state index is -0.650. The highest BCUT2D eigenvalue weighted by Gasteiger charge is 2.33. The second-order valence-corrected chi connectivity index (χ2v) is 12.5. The minimum Gasteiger partial charge on any atom is -0.397 e. The number of anilines is 3. The fourth-order valence-electron chi connectivity index (χ4n) is 6.14. The fourth-order valence-corrected chi connectivity index (χ4v) is 6.14. The lowest BCUT2D eigenvalue weighted by atomic mass is 10.00. The Kier molecular flexibility index (Phi) is 11.3. The van der Waals surface area contributed by atoms with Gasteiger partial charge in [-0.05, 0) is 60.4 Å². The Morgan fingerprint density at radius 3 is 2.33 bits per heavy atom. The molecule has 2 amide bonds. The lowest BCUT2D eigenvalue weighted by Gasteiger charge is -2.36. The first kappa shape index (κ1) is 33.9. The van der Waals surface area contributed by atoms with Gasteiger partial charge in [-0.15, -0.1) is 0 Å². The van der Waals surface area contributed by atoms with Crippen LogP contribution in [0.3, 0.4) is 0 Å². The summed E-state index contributed by atoms with van der Waals surface area (Å²) >= 11 is 0. The first-order chi connectivity index (χ1) is 23.9. The Morgan fingerprint density at radius 1 is 0.816 bits per heavy atom. The van der Waals surface area contributed by atoms with E-state index in [2.05, 4.69) is 26.3 Å². The van der Waals surface area contributed by atoms with E-state index in [1.165, 1.54) is 0 Å². The van der Waals surface area contributed by atoms with Crippen LogP contribution in [-0.2, 0) is 32.2 Å². The fraction of sp³-hybridized carbons (Fsp3) is 0.308. The van der Waals surface area contributed by atoms with E-state index >= 15 is 0 Å². The van der Waals surface area contributed by atoms with Crippen LogP contribution in [0.2, 0.25) is 0 Å². The first-order valence-corrected chi connectivity index (χ1v) is 16.9. The number of nitrogen functional groups attached to an aromatic ring is 1. The van der Waals surface area contributed by atoms with E-state index in [4.69, 9.17) is 15.2 Å². The predicted molar refractivity (Wildman–Crippen MR) is 190 cm³/mol. The van der Waals surface area contributed by atoms with Crippen LogP contribution in [0.5, 0.6) is 0 Å². The van der Waals surface area contributed by atoms with Gasteiger partial charge in [0.15, 0.2) is 6.29 Å². The third-order valence-corrected chi connectivity index (χ3v) is 8.78. The van der Waals surface area contributed by atoms with Gasteiger partial charge in [-0.25, -0.2) is 4.98 Å². The molecule has 0 aliphatic carbocycles. The van der Waals surface area contributed by atoms with Crippen molar-refractivity contribution in [2.75, 3.05) is 16.4 Å². The van der Waals surface area contributed by atoms with Crippen LogP contribution in [0.15, 0.2) is 103 Å². The molecule has 2 heterocycles. The number of nitrogens with zero attached hydrogens (tertiary/aromatic N) is 2. The van der Waals surface area contributed by atoms with Gasteiger partial charge in [0.2, 0.25) is 11.8 Å². The van der Waals surface area contributed by atoms with E-state index in [-0.39, 0.29) is 30.6 Å². The molecule has 1 aliphatic heterocycles. The molecule has 1 aliphatic rings. The largest absolute Gasteiger partial charge is 0.397 e. The molecule has 6 rings (SSSR count). The van der Waals surface area contributed by atoms with Crippen LogP contribution in [0.25, 0.3) is 11.0 Å². The minimum absolute atomic E-state index is 0.0173. The van der Waals surface area contributed by atoms with Gasteiger partial charge in [0, 0.05) is 30.5 Å². The second-order valence-electron chi connectivity index (χ2n) is 12.5. The quantitative estimate of drug-likeness (QED) is 0.0724. The molecular formula is C39H43N5O5. The van der Waals surface area contributed by atoms with Gasteiger partial charge in [0.1, 0.15) is 0 Å². The maximum absolute atomic E-state index is 12.8. The molecule has 254 valence electrons. The number of carbonyl (C=O) groups is 2. The number of fused-ring (bicyclic) bond motifs is 1. The Morgan fingerprint density at radius 2 is 1.55 bits per heavy atom. The number of para-hydroxylation sites is 4. The van der Waals surface area contributed by atoms with E-state index in [0.29, 0.717) is 42.9 Å². The Labute approximate surface area is 286 Å². The zero-order valence-electron chi connectivity index (χ0n) is 27.5. The van der Waals surface area contributed by atoms with E-state index in [9.17, 15) is 14.7 Å². The molecule has 5 N–H and O–H groups in total. The van der Waals surface area contributed by atoms with Gasteiger partial charge < -0.3 is 35.5 Å². The maximum atomic E-state index is 12.8. The van der Waals surface area contributed by atoms with Crippen LogP contribution in [-0.4, -0.2) is 32.6 Å². The highest BCUT2D eigenvalue weighted by Crippen LogP contribution is 2.39. The van der Waals surface area contributed by atoms with E-state index < -0.39 is 6.29 Å². The molecule has 1 saturated heterocycles. The van der Waals surface area contributed by atoms with Gasteiger partial charge in [-0.3, -0.25) is 9.59 Å². The molecule has 10 heteroatoms. The SMILES string of the molecule is Nc1ccccc1NC(=O)CCCCCCC(=O)Nc1cccc([C@@H]2O[C@H](Cn3cnc4ccccc43)C[C@H](c3ccc(CO)cc3)O2)c1. The van der Waals surface area contributed by atoms with Gasteiger partial charge >= 0.3 is 0 Å². The summed E-state index contributed by atoms with van der Waals surface area (Å²) in [5.74, 6) is -0.124. The number of carbonyl (C=O) groups excluding carboxylic acids is 2. The summed E-state index contributed by atoms with van der Waals surface area (Å²) in [6, 6.07) is 30.7. The van der Waals surface area contributed by atoms with Crippen LogP contribution in [0, 0.1) is 0 Å². The van der Waals surface area contributed by atoms with Gasteiger partial charge in [0.25, 0.3) is 0 Å². The summed E-state index contributed by atoms with van der Waals surface area (Å²) in [6.07, 6.45) is 5.43. The normalized spacial score (nSPS) is 17.5. The number of ether oxygens (including phenoxy) is 2. The number of unbranched alkanes of at least 4 members (excludes halogenated alkanes) is 3. The van der Waals surface area contributed by atoms with Crippen molar-refractivity contribution in [1.82, 2.24) is 9.55 Å². The summed E-state index contributed by atoms with van der Waals surface area (Å²) in [4.78, 5) is 29.6. The number of amides is 2. The summed E-state index contributed by atoms with van der Waals surface area (Å²) < 4.78 is 15.2. The molecule has 0 saturated carbocycles. The molecule has 49 heavy (non-hydrogen) atoms. The Bertz CT molecular complexity index is 1860. The summed E-state index contributed by atoms with van der Waals surface area (Å²) in [6.45, 7) is 0.588. The molecule has 0 bridgehead atoms. The van der Waals surface area contributed by atoms with Crippen LogP contribution < -0.4 is 16.4 Å². The molecule has 1 fully saturated rings. The first-order valence-electron chi connectivity index (χ1n) is 16.9. The number of rotatable bonds is 14. The molecule has 0 spiro atoms. The topological polar surface area (TPSA) is 141 Å². The average molecular weight is 662 g/mol. The van der Waals surface area contributed by atoms with Crippen molar-refractivity contribution in [2.45, 2.75) is 76.6 Å². The Balaban J connectivity index is 1.03. The van der Waals surface area contributed by atoms with Crippen molar-refractivity contribution in [3.8, 4) is 0 Å². The van der Waals surface area contributed by atoms with Crippen LogP contribution >= 0.6 is 0 Å². The van der Waals surface area contributed by atoms with Crippen molar-refractivity contribution < 1.29 is 24.2 Å². The standard InChI is InChI=1S/C39H43N5O5/c40-32-12-5-6-13-33(32)43-38(47)17-4-2-1-3-16-37(46)42-30-11-9-10-29(22-30)39-48-31(24-44-26-41-34-14-7-8-15-35(34)44)23-36(49-39)28-20-18-27(25-45)19-21-28/h5-15,18-22,26,31,36,39,45H,1-4,16-17,23-25,40H2,(H,42,46)(H,43,47)/t31-,36+,39+/m0/s1. The lowest BCUT2D eigenvalue weighted by molar-refractivity contribution is -0.252. The molecule has 1 aromatic heterocycles. The third kappa shape index (κ3) is 9.11. The zero-order chi connectivity index (χ0) is 34.0. The van der Waals surface area contributed by atoms with Crippen molar-refractivity contribution >= 4 is 39.9 Å². The van der Waals surface area contributed by atoms with E-state index in [1.54, 1.807) is 12.1 Å². The number of aliphatic hydroxyl groups is 1. The second kappa shape index (κ2) is 16.4. The number of imidazole rings is 1. The van der Waals surface area contributed by atoms with Crippen LogP contribution in [0.1, 0.15) is 74.0 Å². The van der Waals surface area contributed by atoms with Crippen molar-refractivity contribution in [3.05, 3.63) is 120 Å². The molecule has 0 radical (unpaired) electrons. The molecular weight excluding hydrogens is 618 g/mol. The number of hydrogen-bond acceptors (Lipinski definition) is 7.